The van der Waals surface area contributed by atoms with Gasteiger partial charge >= 0.3 is 12.3 Å². The van der Waals surface area contributed by atoms with Gasteiger partial charge in [0.2, 0.25) is 0 Å². The lowest BCUT2D eigenvalue weighted by atomic mass is 10.0. The average molecular weight is 417 g/mol. The molecule has 0 saturated carbocycles. The summed E-state index contributed by atoms with van der Waals surface area (Å²) in [5.41, 5.74) is 4.25. The number of hydrogen-bond donors (Lipinski definition) is 2. The number of ether oxygens (including phenoxy) is 1. The van der Waals surface area contributed by atoms with Gasteiger partial charge < -0.3 is 15.4 Å². The average Bonchev–Trinajstić information content (AvgIpc) is 2.92. The van der Waals surface area contributed by atoms with E-state index >= 15 is 0 Å². The maximum Gasteiger partial charge on any atom is 0.340 e. The third kappa shape index (κ3) is 5.08. The van der Waals surface area contributed by atoms with Crippen molar-refractivity contribution in [2.45, 2.75) is 31.7 Å². The molecule has 0 aliphatic carbocycles. The van der Waals surface area contributed by atoms with Crippen LogP contribution >= 0.6 is 11.6 Å². The van der Waals surface area contributed by atoms with Crippen molar-refractivity contribution in [1.29, 1.82) is 0 Å². The molecule has 3 rings (SSSR count). The second kappa shape index (κ2) is 9.01. The third-order valence-corrected chi connectivity index (χ3v) is 4.94. The van der Waals surface area contributed by atoms with Gasteiger partial charge in [0.05, 0.1) is 10.7 Å². The Bertz CT molecular complexity index is 800. The molecule has 152 valence electrons. The van der Waals surface area contributed by atoms with Crippen LogP contribution < -0.4 is 15.4 Å². The quantitative estimate of drug-likeness (QED) is 0.628. The van der Waals surface area contributed by atoms with E-state index in [9.17, 15) is 17.6 Å². The van der Waals surface area contributed by atoms with Crippen LogP contribution in [0.1, 0.15) is 16.7 Å². The van der Waals surface area contributed by atoms with E-state index in [4.69, 9.17) is 16.3 Å². The molecule has 0 spiro atoms. The van der Waals surface area contributed by atoms with Gasteiger partial charge in [0.15, 0.2) is 6.61 Å². The normalized spacial score (nSPS) is 14.5. The highest BCUT2D eigenvalue weighted by Gasteiger charge is 2.41. The third-order valence-electron chi connectivity index (χ3n) is 4.63. The van der Waals surface area contributed by atoms with Gasteiger partial charge in [-0.05, 0) is 60.8 Å². The van der Waals surface area contributed by atoms with E-state index in [1.54, 1.807) is 12.1 Å². The number of hydrogen-bond acceptors (Lipinski definition) is 3. The molecule has 0 bridgehead atoms. The van der Waals surface area contributed by atoms with Gasteiger partial charge in [-0.3, -0.25) is 0 Å². The standard InChI is InChI=1S/C20H21ClF4N2O/c21-17-6-3-14-7-9-26-10-8-16(14)18(17)27-11-13-1-4-15(5-2-13)28-12-20(24,25)19(22)23/h1-6,19,26-27H,7-12H2. The summed E-state index contributed by atoms with van der Waals surface area (Å²) < 4.78 is 55.0. The van der Waals surface area contributed by atoms with Gasteiger partial charge in [0.1, 0.15) is 5.75 Å². The first kappa shape index (κ1) is 20.7. The molecular formula is C20H21ClF4N2O. The van der Waals surface area contributed by atoms with Crippen molar-refractivity contribution < 1.29 is 22.3 Å². The summed E-state index contributed by atoms with van der Waals surface area (Å²) in [6, 6.07) is 10.3. The summed E-state index contributed by atoms with van der Waals surface area (Å²) in [6.45, 7) is 0.941. The van der Waals surface area contributed by atoms with E-state index < -0.39 is 19.0 Å². The van der Waals surface area contributed by atoms with Crippen LogP contribution in [0, 0.1) is 0 Å². The first-order valence-electron chi connectivity index (χ1n) is 8.99. The molecule has 0 atom stereocenters. The molecule has 0 saturated heterocycles. The molecule has 28 heavy (non-hydrogen) atoms. The Morgan fingerprint density at radius 1 is 1.07 bits per heavy atom. The van der Waals surface area contributed by atoms with Crippen molar-refractivity contribution in [1.82, 2.24) is 5.32 Å². The molecular weight excluding hydrogens is 396 g/mol. The fourth-order valence-corrected chi connectivity index (χ4v) is 3.32. The minimum Gasteiger partial charge on any atom is -0.487 e. The zero-order valence-electron chi connectivity index (χ0n) is 15.1. The Hall–Kier alpha value is -1.99. The summed E-state index contributed by atoms with van der Waals surface area (Å²) >= 11 is 6.38. The highest BCUT2D eigenvalue weighted by atomic mass is 35.5. The largest absolute Gasteiger partial charge is 0.487 e. The monoisotopic (exact) mass is 416 g/mol. The molecule has 2 aromatic carbocycles. The van der Waals surface area contributed by atoms with Gasteiger partial charge in [-0.15, -0.1) is 0 Å². The van der Waals surface area contributed by atoms with Gasteiger partial charge in [-0.2, -0.15) is 8.78 Å². The van der Waals surface area contributed by atoms with Crippen molar-refractivity contribution in [3.05, 3.63) is 58.1 Å². The highest BCUT2D eigenvalue weighted by Crippen LogP contribution is 2.31. The van der Waals surface area contributed by atoms with Gasteiger partial charge in [-0.25, -0.2) is 8.78 Å². The Balaban J connectivity index is 1.63. The molecule has 0 fully saturated rings. The molecule has 1 aliphatic heterocycles. The second-order valence-electron chi connectivity index (χ2n) is 6.66. The molecule has 3 nitrogen and oxygen atoms in total. The fourth-order valence-electron chi connectivity index (χ4n) is 3.07. The summed E-state index contributed by atoms with van der Waals surface area (Å²) in [5.74, 6) is -4.06. The van der Waals surface area contributed by atoms with Crippen LogP contribution in [0.4, 0.5) is 23.2 Å². The van der Waals surface area contributed by atoms with Crippen molar-refractivity contribution in [2.75, 3.05) is 25.0 Å². The SMILES string of the molecule is FC(F)C(F)(F)COc1ccc(CNc2c(Cl)ccc3c2CCNCC3)cc1. The van der Waals surface area contributed by atoms with Crippen molar-refractivity contribution in [2.24, 2.45) is 0 Å². The minimum atomic E-state index is -4.17. The van der Waals surface area contributed by atoms with Crippen LogP contribution in [0.3, 0.4) is 0 Å². The zero-order chi connectivity index (χ0) is 20.1. The molecule has 1 aliphatic rings. The second-order valence-corrected chi connectivity index (χ2v) is 7.07. The number of alkyl halides is 4. The van der Waals surface area contributed by atoms with Crippen molar-refractivity contribution in [3.63, 3.8) is 0 Å². The molecule has 0 amide bonds. The maximum atomic E-state index is 12.9. The van der Waals surface area contributed by atoms with Crippen LogP contribution in [-0.4, -0.2) is 32.0 Å². The first-order valence-corrected chi connectivity index (χ1v) is 9.37. The lowest BCUT2D eigenvalue weighted by Gasteiger charge is -2.17. The lowest BCUT2D eigenvalue weighted by Crippen LogP contribution is -2.33. The summed E-state index contributed by atoms with van der Waals surface area (Å²) in [6.07, 6.45) is -1.93. The highest BCUT2D eigenvalue weighted by molar-refractivity contribution is 6.33. The summed E-state index contributed by atoms with van der Waals surface area (Å²) in [7, 11) is 0. The van der Waals surface area contributed by atoms with Gasteiger partial charge in [-0.1, -0.05) is 29.8 Å². The zero-order valence-corrected chi connectivity index (χ0v) is 15.8. The maximum absolute atomic E-state index is 12.9. The summed E-state index contributed by atoms with van der Waals surface area (Å²) in [5, 5.41) is 7.37. The molecule has 1 heterocycles. The number of benzene rings is 2. The van der Waals surface area contributed by atoms with E-state index in [0.717, 1.165) is 37.2 Å². The number of rotatable bonds is 7. The summed E-state index contributed by atoms with van der Waals surface area (Å²) in [4.78, 5) is 0. The molecule has 2 N–H and O–H groups in total. The van der Waals surface area contributed by atoms with Crippen LogP contribution in [0.5, 0.6) is 5.75 Å². The first-order chi connectivity index (χ1) is 13.4. The topological polar surface area (TPSA) is 33.3 Å². The minimum absolute atomic E-state index is 0.113. The smallest absolute Gasteiger partial charge is 0.340 e. The van der Waals surface area contributed by atoms with E-state index in [0.29, 0.717) is 11.6 Å². The molecule has 8 heteroatoms. The van der Waals surface area contributed by atoms with E-state index in [2.05, 4.69) is 16.7 Å². The Labute approximate surface area is 166 Å². The number of anilines is 1. The van der Waals surface area contributed by atoms with E-state index in [1.807, 2.05) is 6.07 Å². The predicted octanol–water partition coefficient (Wildman–Crippen LogP) is 4.92. The van der Waals surface area contributed by atoms with Crippen LogP contribution in [0.25, 0.3) is 0 Å². The number of halogens is 5. The van der Waals surface area contributed by atoms with E-state index in [1.165, 1.54) is 23.3 Å². The van der Waals surface area contributed by atoms with Crippen molar-refractivity contribution >= 4 is 17.3 Å². The lowest BCUT2D eigenvalue weighted by molar-refractivity contribution is -0.148. The Morgan fingerprint density at radius 3 is 2.50 bits per heavy atom. The number of nitrogens with one attached hydrogen (secondary N) is 2. The predicted molar refractivity (Wildman–Crippen MR) is 102 cm³/mol. The fraction of sp³-hybridized carbons (Fsp3) is 0.400. The Morgan fingerprint density at radius 2 is 1.79 bits per heavy atom. The van der Waals surface area contributed by atoms with Gasteiger partial charge in [0.25, 0.3) is 0 Å². The van der Waals surface area contributed by atoms with Crippen molar-refractivity contribution in [3.8, 4) is 5.75 Å². The molecule has 0 aromatic heterocycles. The van der Waals surface area contributed by atoms with E-state index in [-0.39, 0.29) is 5.75 Å². The molecule has 0 unspecified atom stereocenters. The van der Waals surface area contributed by atoms with Crippen LogP contribution in [-0.2, 0) is 19.4 Å². The Kier molecular flexibility index (Phi) is 6.67. The van der Waals surface area contributed by atoms with Crippen LogP contribution in [0.15, 0.2) is 36.4 Å². The van der Waals surface area contributed by atoms with Crippen LogP contribution in [0.2, 0.25) is 5.02 Å². The molecule has 2 aromatic rings. The molecule has 0 radical (unpaired) electrons. The van der Waals surface area contributed by atoms with Gasteiger partial charge in [0, 0.05) is 6.54 Å². The number of fused-ring (bicyclic) bond motifs is 1.